The molecule has 0 radical (unpaired) electrons. The monoisotopic (exact) mass is 189 g/mol. The summed E-state index contributed by atoms with van der Waals surface area (Å²) in [5, 5.41) is 2.44. The summed E-state index contributed by atoms with van der Waals surface area (Å²) in [5.74, 6) is -3.20. The van der Waals surface area contributed by atoms with E-state index in [1.54, 1.807) is 0 Å². The van der Waals surface area contributed by atoms with Crippen molar-refractivity contribution < 1.29 is 13.2 Å². The Morgan fingerprint density at radius 2 is 1.82 bits per heavy atom. The van der Waals surface area contributed by atoms with Crippen LogP contribution < -0.4 is 5.32 Å². The third-order valence-electron chi connectivity index (χ3n) is 1.88. The summed E-state index contributed by atoms with van der Waals surface area (Å²) < 4.78 is 37.9. The van der Waals surface area contributed by atoms with Crippen molar-refractivity contribution in [1.82, 2.24) is 5.32 Å². The van der Waals surface area contributed by atoms with Crippen molar-refractivity contribution in [2.75, 3.05) is 13.1 Å². The molecular weight excluding hydrogens is 179 g/mol. The van der Waals surface area contributed by atoms with Crippen LogP contribution in [0.1, 0.15) is 13.3 Å². The molecule has 5 heteroatoms. The molecule has 1 rings (SSSR count). The lowest BCUT2D eigenvalue weighted by molar-refractivity contribution is -0.142. The molecular formula is C6H11ClF3N. The lowest BCUT2D eigenvalue weighted by Gasteiger charge is -2.34. The average molecular weight is 190 g/mol. The number of hydrogen-bond donors (Lipinski definition) is 1. The minimum Gasteiger partial charge on any atom is -0.311 e. The third-order valence-corrected chi connectivity index (χ3v) is 1.88. The number of halogens is 4. The molecule has 0 amide bonds. The molecule has 0 spiro atoms. The van der Waals surface area contributed by atoms with Crippen LogP contribution in [0, 0.1) is 0 Å². The smallest absolute Gasteiger partial charge is 0.293 e. The summed E-state index contributed by atoms with van der Waals surface area (Å²) in [6.45, 7) is 0.746. The highest BCUT2D eigenvalue weighted by molar-refractivity contribution is 5.85. The van der Waals surface area contributed by atoms with E-state index in [0.717, 1.165) is 6.92 Å². The van der Waals surface area contributed by atoms with E-state index in [9.17, 15) is 13.2 Å². The summed E-state index contributed by atoms with van der Waals surface area (Å²) in [6, 6.07) is 0. The van der Waals surface area contributed by atoms with E-state index in [-0.39, 0.29) is 18.8 Å². The molecule has 0 aromatic heterocycles. The molecule has 1 N–H and O–H groups in total. The van der Waals surface area contributed by atoms with E-state index in [1.165, 1.54) is 0 Å². The molecule has 1 nitrogen and oxygen atoms in total. The van der Waals surface area contributed by atoms with Crippen LogP contribution in [0.3, 0.4) is 0 Å². The predicted octanol–water partition coefficient (Wildman–Crippen LogP) is 1.77. The SMILES string of the molecule is CC1(F)CCNCC1(F)F.Cl. The Labute approximate surface area is 69.8 Å². The minimum absolute atomic E-state index is 0. The molecule has 68 valence electrons. The number of rotatable bonds is 0. The van der Waals surface area contributed by atoms with Crippen LogP contribution in [-0.4, -0.2) is 24.7 Å². The van der Waals surface area contributed by atoms with Crippen LogP contribution in [0.15, 0.2) is 0 Å². The largest absolute Gasteiger partial charge is 0.311 e. The van der Waals surface area contributed by atoms with Crippen molar-refractivity contribution in [3.05, 3.63) is 0 Å². The van der Waals surface area contributed by atoms with Crippen molar-refractivity contribution in [2.45, 2.75) is 24.9 Å². The quantitative estimate of drug-likeness (QED) is 0.613. The van der Waals surface area contributed by atoms with Gasteiger partial charge < -0.3 is 5.32 Å². The molecule has 0 aromatic rings. The summed E-state index contributed by atoms with van der Waals surface area (Å²) in [4.78, 5) is 0. The van der Waals surface area contributed by atoms with Crippen molar-refractivity contribution >= 4 is 12.4 Å². The molecule has 1 aliphatic heterocycles. The highest BCUT2D eigenvalue weighted by Gasteiger charge is 2.52. The maximum atomic E-state index is 12.9. The Morgan fingerprint density at radius 1 is 1.27 bits per heavy atom. The highest BCUT2D eigenvalue weighted by atomic mass is 35.5. The van der Waals surface area contributed by atoms with Gasteiger partial charge >= 0.3 is 0 Å². The van der Waals surface area contributed by atoms with Crippen LogP contribution in [0.5, 0.6) is 0 Å². The second kappa shape index (κ2) is 3.19. The molecule has 1 fully saturated rings. The maximum Gasteiger partial charge on any atom is 0.293 e. The summed E-state index contributed by atoms with van der Waals surface area (Å²) in [5.41, 5.74) is -2.32. The van der Waals surface area contributed by atoms with Crippen LogP contribution >= 0.6 is 12.4 Å². The fourth-order valence-electron chi connectivity index (χ4n) is 0.936. The van der Waals surface area contributed by atoms with Gasteiger partial charge in [-0.05, 0) is 19.9 Å². The average Bonchev–Trinajstić information content (AvgIpc) is 1.77. The van der Waals surface area contributed by atoms with Gasteiger partial charge in [0.25, 0.3) is 5.92 Å². The van der Waals surface area contributed by atoms with E-state index in [2.05, 4.69) is 5.32 Å². The molecule has 0 aromatic carbocycles. The van der Waals surface area contributed by atoms with E-state index in [1.807, 2.05) is 0 Å². The highest BCUT2D eigenvalue weighted by Crippen LogP contribution is 2.36. The van der Waals surface area contributed by atoms with Gasteiger partial charge in [-0.25, -0.2) is 13.2 Å². The standard InChI is InChI=1S/C6H10F3N.ClH/c1-5(7)2-3-10-4-6(5,8)9;/h10H,2-4H2,1H3;1H. The molecule has 0 saturated carbocycles. The van der Waals surface area contributed by atoms with Gasteiger partial charge in [-0.2, -0.15) is 0 Å². The van der Waals surface area contributed by atoms with E-state index < -0.39 is 18.1 Å². The molecule has 1 heterocycles. The zero-order valence-corrected chi connectivity index (χ0v) is 6.98. The maximum absolute atomic E-state index is 12.9. The second-order valence-electron chi connectivity index (χ2n) is 2.83. The van der Waals surface area contributed by atoms with E-state index in [4.69, 9.17) is 0 Å². The second-order valence-corrected chi connectivity index (χ2v) is 2.83. The van der Waals surface area contributed by atoms with Gasteiger partial charge in [0, 0.05) is 0 Å². The van der Waals surface area contributed by atoms with Crippen LogP contribution in [0.25, 0.3) is 0 Å². The Hall–Kier alpha value is 0.0400. The van der Waals surface area contributed by atoms with Gasteiger partial charge in [0.15, 0.2) is 5.67 Å². The van der Waals surface area contributed by atoms with Crippen LogP contribution in [-0.2, 0) is 0 Å². The van der Waals surface area contributed by atoms with Crippen molar-refractivity contribution in [2.24, 2.45) is 0 Å². The lowest BCUT2D eigenvalue weighted by Crippen LogP contribution is -2.54. The Kier molecular flexibility index (Phi) is 3.20. The normalized spacial score (nSPS) is 36.0. The zero-order valence-electron chi connectivity index (χ0n) is 6.16. The van der Waals surface area contributed by atoms with E-state index in [0.29, 0.717) is 6.54 Å². The number of alkyl halides is 3. The molecule has 0 bridgehead atoms. The number of hydrogen-bond acceptors (Lipinski definition) is 1. The first-order valence-electron chi connectivity index (χ1n) is 3.23. The molecule has 1 aliphatic rings. The van der Waals surface area contributed by atoms with Gasteiger partial charge in [0.1, 0.15) is 0 Å². The van der Waals surface area contributed by atoms with Gasteiger partial charge in [-0.1, -0.05) is 0 Å². The van der Waals surface area contributed by atoms with Gasteiger partial charge in [-0.3, -0.25) is 0 Å². The molecule has 1 atom stereocenters. The fourth-order valence-corrected chi connectivity index (χ4v) is 0.936. The zero-order chi connectivity index (χ0) is 7.83. The first-order valence-corrected chi connectivity index (χ1v) is 3.23. The molecule has 11 heavy (non-hydrogen) atoms. The number of piperidine rings is 1. The summed E-state index contributed by atoms with van der Waals surface area (Å²) >= 11 is 0. The van der Waals surface area contributed by atoms with Gasteiger partial charge in [0.05, 0.1) is 6.54 Å². The van der Waals surface area contributed by atoms with Crippen molar-refractivity contribution in [1.29, 1.82) is 0 Å². The molecule has 1 unspecified atom stereocenters. The Morgan fingerprint density at radius 3 is 2.09 bits per heavy atom. The lowest BCUT2D eigenvalue weighted by atomic mass is 9.93. The Balaban J connectivity index is 0.000001000. The number of nitrogens with one attached hydrogen (secondary N) is 1. The van der Waals surface area contributed by atoms with Gasteiger partial charge in [-0.15, -0.1) is 12.4 Å². The molecule has 1 saturated heterocycles. The predicted molar refractivity (Wildman–Crippen MR) is 39.2 cm³/mol. The van der Waals surface area contributed by atoms with Gasteiger partial charge in [0.2, 0.25) is 0 Å². The van der Waals surface area contributed by atoms with Crippen LogP contribution in [0.4, 0.5) is 13.2 Å². The first-order chi connectivity index (χ1) is 4.46. The fraction of sp³-hybridized carbons (Fsp3) is 1.00. The molecule has 0 aliphatic carbocycles. The third kappa shape index (κ3) is 1.99. The van der Waals surface area contributed by atoms with Crippen LogP contribution in [0.2, 0.25) is 0 Å². The summed E-state index contributed by atoms with van der Waals surface area (Å²) in [7, 11) is 0. The van der Waals surface area contributed by atoms with Crippen molar-refractivity contribution in [3.8, 4) is 0 Å². The summed E-state index contributed by atoms with van der Waals surface area (Å²) in [6.07, 6.45) is -0.111. The minimum atomic E-state index is -3.20. The van der Waals surface area contributed by atoms with E-state index >= 15 is 0 Å². The van der Waals surface area contributed by atoms with Crippen molar-refractivity contribution in [3.63, 3.8) is 0 Å². The first kappa shape index (κ1) is 11.0. The Bertz CT molecular complexity index is 122. The topological polar surface area (TPSA) is 12.0 Å².